The van der Waals surface area contributed by atoms with Crippen molar-refractivity contribution in [2.24, 2.45) is 0 Å². The lowest BCUT2D eigenvalue weighted by molar-refractivity contribution is -0.385. The van der Waals surface area contributed by atoms with E-state index in [4.69, 9.17) is 4.74 Å². The average Bonchev–Trinajstić information content (AvgIpc) is 3.13. The van der Waals surface area contributed by atoms with Crippen LogP contribution in [0.3, 0.4) is 0 Å². The number of nitro groups is 1. The van der Waals surface area contributed by atoms with Crippen LogP contribution >= 0.6 is 0 Å². The maximum Gasteiger partial charge on any atom is 0.338 e. The molecule has 0 N–H and O–H groups in total. The molecule has 11 nitrogen and oxygen atoms in total. The molecule has 1 saturated heterocycles. The van der Waals surface area contributed by atoms with E-state index in [1.54, 1.807) is 0 Å². The van der Waals surface area contributed by atoms with E-state index in [-0.39, 0.29) is 27.5 Å². The number of methoxy groups -OCH3 is 2. The van der Waals surface area contributed by atoms with Gasteiger partial charge in [0.1, 0.15) is 5.75 Å². The van der Waals surface area contributed by atoms with E-state index in [1.165, 1.54) is 34.6 Å². The van der Waals surface area contributed by atoms with E-state index in [0.717, 1.165) is 46.0 Å². The lowest BCUT2D eigenvalue weighted by Gasteiger charge is -2.20. The molecule has 12 heteroatoms. The van der Waals surface area contributed by atoms with Gasteiger partial charge in [-0.2, -0.15) is 4.31 Å². The zero-order valence-corrected chi connectivity index (χ0v) is 19.5. The van der Waals surface area contributed by atoms with Gasteiger partial charge in [-0.15, -0.1) is 0 Å². The molecule has 1 aliphatic rings. The number of benzene rings is 2. The number of rotatable bonds is 7. The number of esters is 2. The molecule has 0 aromatic heterocycles. The second-order valence-corrected chi connectivity index (χ2v) is 9.47. The molecule has 34 heavy (non-hydrogen) atoms. The fourth-order valence-corrected chi connectivity index (χ4v) is 5.11. The summed E-state index contributed by atoms with van der Waals surface area (Å²) in [6, 6.07) is 7.06. The second-order valence-electron chi connectivity index (χ2n) is 7.54. The first kappa shape index (κ1) is 25.1. The number of hydrogen-bond acceptors (Lipinski definition) is 9. The molecule has 0 radical (unpaired) electrons. The van der Waals surface area contributed by atoms with Gasteiger partial charge < -0.3 is 14.2 Å². The van der Waals surface area contributed by atoms with Gasteiger partial charge in [0.15, 0.2) is 0 Å². The van der Waals surface area contributed by atoms with E-state index >= 15 is 0 Å². The quantitative estimate of drug-likeness (QED) is 0.322. The van der Waals surface area contributed by atoms with Crippen molar-refractivity contribution >= 4 is 27.6 Å². The highest BCUT2D eigenvalue weighted by Gasteiger charge is 2.29. The molecule has 1 fully saturated rings. The Bertz CT molecular complexity index is 1170. The highest BCUT2D eigenvalue weighted by Crippen LogP contribution is 2.35. The van der Waals surface area contributed by atoms with Crippen LogP contribution in [0.5, 0.6) is 11.5 Å². The Morgan fingerprint density at radius 3 is 1.97 bits per heavy atom. The monoisotopic (exact) mass is 492 g/mol. The van der Waals surface area contributed by atoms with Crippen LogP contribution in [-0.4, -0.2) is 56.9 Å². The van der Waals surface area contributed by atoms with Crippen LogP contribution in [0.2, 0.25) is 0 Å². The minimum absolute atomic E-state index is 0.0385. The standard InChI is InChI=1S/C22H24N2O9S/c1-31-21(25)15-11-16(22(26)32-2)13-17(12-15)33-20-8-7-18(14-19(20)24(27)28)34(29,30)23-9-5-3-4-6-10-23/h7-8,11-14H,3-6,9-10H2,1-2H3. The normalized spacial score (nSPS) is 14.6. The van der Waals surface area contributed by atoms with Crippen molar-refractivity contribution in [2.75, 3.05) is 27.3 Å². The Hall–Kier alpha value is -3.51. The topological polar surface area (TPSA) is 142 Å². The predicted molar refractivity (Wildman–Crippen MR) is 120 cm³/mol. The fourth-order valence-electron chi connectivity index (χ4n) is 3.57. The van der Waals surface area contributed by atoms with Crippen LogP contribution in [0.4, 0.5) is 5.69 Å². The van der Waals surface area contributed by atoms with Crippen LogP contribution in [0.25, 0.3) is 0 Å². The molecule has 0 saturated carbocycles. The Kier molecular flexibility index (Phi) is 7.84. The molecule has 0 spiro atoms. The number of ether oxygens (including phenoxy) is 3. The van der Waals surface area contributed by atoms with Crippen molar-refractivity contribution in [2.45, 2.75) is 30.6 Å². The van der Waals surface area contributed by atoms with Crippen LogP contribution in [0.1, 0.15) is 46.4 Å². The average molecular weight is 493 g/mol. The number of carbonyl (C=O) groups is 2. The molecular formula is C22H24N2O9S. The van der Waals surface area contributed by atoms with Crippen molar-refractivity contribution in [1.29, 1.82) is 0 Å². The van der Waals surface area contributed by atoms with Crippen LogP contribution in [0.15, 0.2) is 41.3 Å². The Labute approximate surface area is 196 Å². The van der Waals surface area contributed by atoms with E-state index in [1.807, 2.05) is 0 Å². The molecule has 2 aromatic rings. The molecule has 1 heterocycles. The lowest BCUT2D eigenvalue weighted by Crippen LogP contribution is -2.31. The number of hydrogen-bond donors (Lipinski definition) is 0. The fraction of sp³-hybridized carbons (Fsp3) is 0.364. The molecule has 1 aliphatic heterocycles. The van der Waals surface area contributed by atoms with Crippen molar-refractivity contribution in [3.8, 4) is 11.5 Å². The summed E-state index contributed by atoms with van der Waals surface area (Å²) in [5.41, 5.74) is -0.661. The van der Waals surface area contributed by atoms with E-state index in [0.29, 0.717) is 13.1 Å². The minimum Gasteiger partial charge on any atom is -0.465 e. The third-order valence-electron chi connectivity index (χ3n) is 5.31. The van der Waals surface area contributed by atoms with Crippen molar-refractivity contribution in [3.05, 3.63) is 57.6 Å². The molecule has 0 amide bonds. The van der Waals surface area contributed by atoms with Gasteiger partial charge in [-0.1, -0.05) is 12.8 Å². The summed E-state index contributed by atoms with van der Waals surface area (Å²) in [7, 11) is -1.61. The second kappa shape index (κ2) is 10.6. The maximum atomic E-state index is 13.0. The summed E-state index contributed by atoms with van der Waals surface area (Å²) in [6.45, 7) is 0.704. The molecule has 2 aromatic carbocycles. The first-order valence-electron chi connectivity index (χ1n) is 10.5. The Balaban J connectivity index is 2.00. The molecule has 0 atom stereocenters. The maximum absolute atomic E-state index is 13.0. The van der Waals surface area contributed by atoms with Crippen molar-refractivity contribution in [3.63, 3.8) is 0 Å². The highest BCUT2D eigenvalue weighted by molar-refractivity contribution is 7.89. The Morgan fingerprint density at radius 2 is 1.47 bits per heavy atom. The van der Waals surface area contributed by atoms with Gasteiger partial charge in [-0.05, 0) is 43.2 Å². The summed E-state index contributed by atoms with van der Waals surface area (Å²) < 4.78 is 42.4. The molecular weight excluding hydrogens is 468 g/mol. The lowest BCUT2D eigenvalue weighted by atomic mass is 10.1. The third-order valence-corrected chi connectivity index (χ3v) is 7.20. The first-order valence-corrected chi connectivity index (χ1v) is 11.9. The molecule has 3 rings (SSSR count). The molecule has 182 valence electrons. The summed E-state index contributed by atoms with van der Waals surface area (Å²) in [4.78, 5) is 34.7. The van der Waals surface area contributed by atoms with Gasteiger partial charge in [0.05, 0.1) is 35.2 Å². The third kappa shape index (κ3) is 5.51. The largest absolute Gasteiger partial charge is 0.465 e. The van der Waals surface area contributed by atoms with E-state index in [2.05, 4.69) is 9.47 Å². The zero-order chi connectivity index (χ0) is 24.9. The number of nitrogens with zero attached hydrogens (tertiary/aromatic N) is 2. The SMILES string of the molecule is COC(=O)c1cc(Oc2ccc(S(=O)(=O)N3CCCCCC3)cc2[N+](=O)[O-])cc(C(=O)OC)c1. The van der Waals surface area contributed by atoms with Crippen molar-refractivity contribution < 1.29 is 37.1 Å². The van der Waals surface area contributed by atoms with E-state index < -0.39 is 32.6 Å². The number of carbonyl (C=O) groups excluding carboxylic acids is 2. The Morgan fingerprint density at radius 1 is 0.912 bits per heavy atom. The minimum atomic E-state index is -3.92. The smallest absolute Gasteiger partial charge is 0.338 e. The van der Waals surface area contributed by atoms with E-state index in [9.17, 15) is 28.1 Å². The van der Waals surface area contributed by atoms with Gasteiger partial charge in [0, 0.05) is 19.2 Å². The number of sulfonamides is 1. The van der Waals surface area contributed by atoms with Gasteiger partial charge >= 0.3 is 17.6 Å². The highest BCUT2D eigenvalue weighted by atomic mass is 32.2. The van der Waals surface area contributed by atoms with Gasteiger partial charge in [0.2, 0.25) is 15.8 Å². The molecule has 0 aliphatic carbocycles. The van der Waals surface area contributed by atoms with Gasteiger partial charge in [0.25, 0.3) is 0 Å². The van der Waals surface area contributed by atoms with Crippen LogP contribution < -0.4 is 4.74 Å². The summed E-state index contributed by atoms with van der Waals surface area (Å²) in [5.74, 6) is -1.86. The summed E-state index contributed by atoms with van der Waals surface area (Å²) >= 11 is 0. The van der Waals surface area contributed by atoms with Gasteiger partial charge in [-0.25, -0.2) is 18.0 Å². The molecule has 0 unspecified atom stereocenters. The number of nitro benzene ring substituents is 1. The van der Waals surface area contributed by atoms with Crippen molar-refractivity contribution in [1.82, 2.24) is 4.31 Å². The summed E-state index contributed by atoms with van der Waals surface area (Å²) in [5, 5.41) is 11.7. The summed E-state index contributed by atoms with van der Waals surface area (Å²) in [6.07, 6.45) is 3.30. The zero-order valence-electron chi connectivity index (χ0n) is 18.7. The van der Waals surface area contributed by atoms with Crippen LogP contribution in [-0.2, 0) is 19.5 Å². The molecule has 0 bridgehead atoms. The van der Waals surface area contributed by atoms with Gasteiger partial charge in [-0.3, -0.25) is 10.1 Å². The first-order chi connectivity index (χ1) is 16.2. The predicted octanol–water partition coefficient (Wildman–Crippen LogP) is 3.53. The van der Waals surface area contributed by atoms with Crippen LogP contribution in [0, 0.1) is 10.1 Å².